The van der Waals surface area contributed by atoms with E-state index in [1.54, 1.807) is 32.2 Å². The number of ether oxygens (including phenoxy) is 1. The molecule has 10 heteroatoms. The van der Waals surface area contributed by atoms with Crippen molar-refractivity contribution in [3.8, 4) is 16.9 Å². The summed E-state index contributed by atoms with van der Waals surface area (Å²) in [5, 5.41) is 6.19. The minimum Gasteiger partial charge on any atom is -0.483 e. The van der Waals surface area contributed by atoms with Crippen molar-refractivity contribution in [2.45, 2.75) is 32.2 Å². The van der Waals surface area contributed by atoms with Crippen molar-refractivity contribution in [1.29, 1.82) is 0 Å². The van der Waals surface area contributed by atoms with Crippen molar-refractivity contribution in [1.82, 2.24) is 15.5 Å². The summed E-state index contributed by atoms with van der Waals surface area (Å²) in [5.74, 6) is -0.301. The van der Waals surface area contributed by atoms with Crippen LogP contribution in [-0.4, -0.2) is 28.8 Å². The number of hydrogen-bond donors (Lipinski definition) is 1. The Hall–Kier alpha value is -3.43. The molecule has 0 bridgehead atoms. The second-order valence-electron chi connectivity index (χ2n) is 6.83. The highest BCUT2D eigenvalue weighted by Crippen LogP contribution is 2.26. The van der Waals surface area contributed by atoms with Gasteiger partial charge < -0.3 is 14.6 Å². The molecule has 6 nitrogen and oxygen atoms in total. The van der Waals surface area contributed by atoms with E-state index in [1.807, 2.05) is 0 Å². The standard InChI is InChI=1S/C21H19F4N3O3/c1-12(18-8-7-16(9-26-18)30-11-21(23,24)25)28-20(29)19(22)15-5-3-14(4-6-15)17-10-27-31-13(17)2/h3-10,12,19H,11H2,1-2H3,(H,28,29). The molecule has 1 aromatic carbocycles. The van der Waals surface area contributed by atoms with E-state index in [-0.39, 0.29) is 11.3 Å². The molecule has 3 rings (SSSR count). The summed E-state index contributed by atoms with van der Waals surface area (Å²) >= 11 is 0. The average Bonchev–Trinajstić information content (AvgIpc) is 3.17. The molecule has 0 spiro atoms. The molecular formula is C21H19F4N3O3. The zero-order valence-corrected chi connectivity index (χ0v) is 16.6. The maximum atomic E-state index is 14.6. The van der Waals surface area contributed by atoms with Crippen LogP contribution in [0.4, 0.5) is 17.6 Å². The molecule has 164 valence electrons. The van der Waals surface area contributed by atoms with Gasteiger partial charge >= 0.3 is 6.18 Å². The van der Waals surface area contributed by atoms with Crippen LogP contribution in [0.5, 0.6) is 5.75 Å². The fraction of sp³-hybridized carbons (Fsp3) is 0.286. The molecule has 0 aliphatic carbocycles. The second-order valence-corrected chi connectivity index (χ2v) is 6.83. The molecule has 1 amide bonds. The number of benzene rings is 1. The zero-order chi connectivity index (χ0) is 22.6. The number of hydrogen-bond acceptors (Lipinski definition) is 5. The smallest absolute Gasteiger partial charge is 0.422 e. The largest absolute Gasteiger partial charge is 0.483 e. The number of pyridine rings is 1. The van der Waals surface area contributed by atoms with Crippen molar-refractivity contribution in [2.75, 3.05) is 6.61 Å². The van der Waals surface area contributed by atoms with Gasteiger partial charge in [0.1, 0.15) is 11.5 Å². The van der Waals surface area contributed by atoms with E-state index >= 15 is 0 Å². The summed E-state index contributed by atoms with van der Waals surface area (Å²) in [4.78, 5) is 16.3. The first kappa shape index (κ1) is 22.3. The molecule has 2 aromatic heterocycles. The van der Waals surface area contributed by atoms with Crippen LogP contribution in [0.15, 0.2) is 53.3 Å². The van der Waals surface area contributed by atoms with Crippen molar-refractivity contribution in [3.05, 3.63) is 65.8 Å². The highest BCUT2D eigenvalue weighted by Gasteiger charge is 2.28. The van der Waals surface area contributed by atoms with Gasteiger partial charge in [0.2, 0.25) is 6.17 Å². The van der Waals surface area contributed by atoms with Crippen LogP contribution in [0.25, 0.3) is 11.1 Å². The van der Waals surface area contributed by atoms with Crippen molar-refractivity contribution in [2.24, 2.45) is 0 Å². The maximum absolute atomic E-state index is 14.6. The highest BCUT2D eigenvalue weighted by atomic mass is 19.4. The van der Waals surface area contributed by atoms with Crippen LogP contribution in [0.3, 0.4) is 0 Å². The molecule has 0 saturated heterocycles. The summed E-state index contributed by atoms with van der Waals surface area (Å²) in [5.41, 5.74) is 2.07. The Morgan fingerprint density at radius 1 is 1.16 bits per heavy atom. The number of amides is 1. The molecule has 2 heterocycles. The molecule has 3 aromatic rings. The van der Waals surface area contributed by atoms with Crippen LogP contribution in [0, 0.1) is 6.92 Å². The zero-order valence-electron chi connectivity index (χ0n) is 16.6. The van der Waals surface area contributed by atoms with Gasteiger partial charge in [0, 0.05) is 5.56 Å². The number of nitrogens with one attached hydrogen (secondary N) is 1. The van der Waals surface area contributed by atoms with Crippen LogP contribution in [0.1, 0.15) is 36.2 Å². The van der Waals surface area contributed by atoms with Crippen molar-refractivity contribution >= 4 is 5.91 Å². The third-order valence-electron chi connectivity index (χ3n) is 4.46. The summed E-state index contributed by atoms with van der Waals surface area (Å²) in [6, 6.07) is 8.37. The van der Waals surface area contributed by atoms with E-state index in [0.717, 1.165) is 17.3 Å². The van der Waals surface area contributed by atoms with E-state index in [4.69, 9.17) is 4.52 Å². The summed E-state index contributed by atoms with van der Waals surface area (Å²) in [6.45, 7) is 1.91. The third kappa shape index (κ3) is 5.80. The Kier molecular flexibility index (Phi) is 6.57. The van der Waals surface area contributed by atoms with E-state index in [1.165, 1.54) is 24.3 Å². The van der Waals surface area contributed by atoms with Crippen molar-refractivity contribution < 1.29 is 31.6 Å². The minimum atomic E-state index is -4.46. The SMILES string of the molecule is Cc1oncc1-c1ccc(C(F)C(=O)NC(C)c2ccc(OCC(F)(F)F)cn2)cc1. The molecule has 31 heavy (non-hydrogen) atoms. The highest BCUT2D eigenvalue weighted by molar-refractivity contribution is 5.82. The quantitative estimate of drug-likeness (QED) is 0.534. The Morgan fingerprint density at radius 3 is 2.42 bits per heavy atom. The monoisotopic (exact) mass is 437 g/mol. The van der Waals surface area contributed by atoms with Gasteiger partial charge in [-0.3, -0.25) is 9.78 Å². The Morgan fingerprint density at radius 2 is 1.87 bits per heavy atom. The van der Waals surface area contributed by atoms with Gasteiger partial charge in [-0.05, 0) is 37.1 Å². The lowest BCUT2D eigenvalue weighted by molar-refractivity contribution is -0.153. The number of halogens is 4. The lowest BCUT2D eigenvalue weighted by Crippen LogP contribution is -2.30. The third-order valence-corrected chi connectivity index (χ3v) is 4.46. The summed E-state index contributed by atoms with van der Waals surface area (Å²) in [7, 11) is 0. The molecule has 1 N–H and O–H groups in total. The van der Waals surface area contributed by atoms with E-state index < -0.39 is 30.9 Å². The maximum Gasteiger partial charge on any atom is 0.422 e. The Balaban J connectivity index is 1.59. The van der Waals surface area contributed by atoms with Gasteiger partial charge in [-0.25, -0.2) is 4.39 Å². The predicted octanol–water partition coefficient (Wildman–Crippen LogP) is 4.87. The molecule has 0 radical (unpaired) electrons. The molecule has 0 aliphatic heterocycles. The van der Waals surface area contributed by atoms with Crippen LogP contribution >= 0.6 is 0 Å². The number of alkyl halides is 4. The van der Waals surface area contributed by atoms with E-state index in [2.05, 4.69) is 20.2 Å². The van der Waals surface area contributed by atoms with Crippen LogP contribution in [0.2, 0.25) is 0 Å². The fourth-order valence-electron chi connectivity index (χ4n) is 2.82. The molecule has 2 atom stereocenters. The molecule has 2 unspecified atom stereocenters. The van der Waals surface area contributed by atoms with Gasteiger partial charge in [0.05, 0.1) is 24.1 Å². The van der Waals surface area contributed by atoms with Crippen LogP contribution in [-0.2, 0) is 4.79 Å². The fourth-order valence-corrected chi connectivity index (χ4v) is 2.82. The first-order valence-corrected chi connectivity index (χ1v) is 9.25. The second kappa shape index (κ2) is 9.15. The summed E-state index contributed by atoms with van der Waals surface area (Å²) in [6.07, 6.45) is -3.70. The van der Waals surface area contributed by atoms with Gasteiger partial charge in [-0.1, -0.05) is 29.4 Å². The Labute approximate surface area is 175 Å². The van der Waals surface area contributed by atoms with Gasteiger partial charge in [-0.15, -0.1) is 0 Å². The number of carbonyl (C=O) groups excluding carboxylic acids is 1. The van der Waals surface area contributed by atoms with Gasteiger partial charge in [0.15, 0.2) is 6.61 Å². The van der Waals surface area contributed by atoms with Crippen LogP contribution < -0.4 is 10.1 Å². The van der Waals surface area contributed by atoms with E-state index in [0.29, 0.717) is 11.5 Å². The number of rotatable bonds is 7. The summed E-state index contributed by atoms with van der Waals surface area (Å²) < 4.78 is 60.8. The first-order valence-electron chi connectivity index (χ1n) is 9.25. The number of aromatic nitrogens is 2. The Bertz CT molecular complexity index is 1020. The molecule has 0 aliphatic rings. The number of nitrogens with zero attached hydrogens (tertiary/aromatic N) is 2. The van der Waals surface area contributed by atoms with Gasteiger partial charge in [0.25, 0.3) is 5.91 Å². The first-order chi connectivity index (χ1) is 14.6. The predicted molar refractivity (Wildman–Crippen MR) is 103 cm³/mol. The normalized spacial score (nSPS) is 13.5. The van der Waals surface area contributed by atoms with Crippen molar-refractivity contribution in [3.63, 3.8) is 0 Å². The lowest BCUT2D eigenvalue weighted by Gasteiger charge is -2.16. The molecule has 0 saturated carbocycles. The molecule has 0 fully saturated rings. The van der Waals surface area contributed by atoms with Gasteiger partial charge in [-0.2, -0.15) is 13.2 Å². The number of aryl methyl sites for hydroxylation is 1. The minimum absolute atomic E-state index is 0.0638. The molecular weight excluding hydrogens is 418 g/mol. The lowest BCUT2D eigenvalue weighted by atomic mass is 10.0. The average molecular weight is 437 g/mol. The number of carbonyl (C=O) groups is 1. The van der Waals surface area contributed by atoms with E-state index in [9.17, 15) is 22.4 Å². The topological polar surface area (TPSA) is 77.2 Å².